The molecule has 0 saturated carbocycles. The van der Waals surface area contributed by atoms with Crippen LogP contribution in [0.2, 0.25) is 0 Å². The Bertz CT molecular complexity index is 1050. The van der Waals surface area contributed by atoms with E-state index in [-0.39, 0.29) is 28.2 Å². The molecule has 1 aliphatic rings. The van der Waals surface area contributed by atoms with E-state index in [0.717, 1.165) is 4.90 Å². The molecular weight excluding hydrogens is 424 g/mol. The number of thioether (sulfide) groups is 1. The molecular formula is C21H24N2O5S2. The number of amides is 2. The highest BCUT2D eigenvalue weighted by atomic mass is 32.2. The topological polar surface area (TPSA) is 102 Å². The number of benzene rings is 2. The number of ether oxygens (including phenoxy) is 1. The largest absolute Gasteiger partial charge is 0.492 e. The zero-order chi connectivity index (χ0) is 21.7. The Kier molecular flexibility index (Phi) is 7.04. The molecule has 1 heterocycles. The number of carbonyl (C=O) groups excluding carboxylic acids is 2. The third kappa shape index (κ3) is 5.54. The molecule has 0 radical (unpaired) electrons. The van der Waals surface area contributed by atoms with Crippen LogP contribution in [0.1, 0.15) is 26.7 Å². The molecule has 1 atom stereocenters. The standard InChI is InChI=1S/C21H24N2O5S2/c1-3-28-18-7-5-4-6-16(18)22-20(24)10-11-30(26,27)15-8-9-19-17(13-15)23-21(25)12-14(2)29-19/h4-9,13-14H,3,10-12H2,1-2H3,(H,22,24)(H,23,25). The summed E-state index contributed by atoms with van der Waals surface area (Å²) in [4.78, 5) is 25.2. The van der Waals surface area contributed by atoms with Gasteiger partial charge in [0.05, 0.1) is 28.6 Å². The monoisotopic (exact) mass is 448 g/mol. The van der Waals surface area contributed by atoms with Gasteiger partial charge < -0.3 is 15.4 Å². The molecule has 2 N–H and O–H groups in total. The van der Waals surface area contributed by atoms with Crippen molar-refractivity contribution in [1.29, 1.82) is 0 Å². The molecule has 30 heavy (non-hydrogen) atoms. The normalized spacial score (nSPS) is 16.2. The Morgan fingerprint density at radius 2 is 2.03 bits per heavy atom. The van der Waals surface area contributed by atoms with Crippen LogP contribution >= 0.6 is 11.8 Å². The molecule has 0 aliphatic carbocycles. The van der Waals surface area contributed by atoms with E-state index in [1.807, 2.05) is 13.8 Å². The van der Waals surface area contributed by atoms with Crippen LogP contribution in [0, 0.1) is 0 Å². The van der Waals surface area contributed by atoms with Gasteiger partial charge in [0, 0.05) is 23.0 Å². The lowest BCUT2D eigenvalue weighted by atomic mass is 10.3. The average molecular weight is 449 g/mol. The summed E-state index contributed by atoms with van der Waals surface area (Å²) in [7, 11) is -3.70. The Balaban J connectivity index is 1.68. The molecule has 2 aromatic carbocycles. The predicted molar refractivity (Wildman–Crippen MR) is 118 cm³/mol. The van der Waals surface area contributed by atoms with Crippen molar-refractivity contribution in [2.45, 2.75) is 41.7 Å². The summed E-state index contributed by atoms with van der Waals surface area (Å²) in [6, 6.07) is 11.7. The smallest absolute Gasteiger partial charge is 0.225 e. The summed E-state index contributed by atoms with van der Waals surface area (Å²) in [6.07, 6.45) is 0.169. The molecule has 2 amide bonds. The summed E-state index contributed by atoms with van der Waals surface area (Å²) in [5.74, 6) is -0.371. The molecule has 160 valence electrons. The lowest BCUT2D eigenvalue weighted by Crippen LogP contribution is -2.18. The number of anilines is 2. The number of fused-ring (bicyclic) bond motifs is 1. The predicted octanol–water partition coefficient (Wildman–Crippen LogP) is 3.71. The SMILES string of the molecule is CCOc1ccccc1NC(=O)CCS(=O)(=O)c1ccc2c(c1)NC(=O)CC(C)S2. The van der Waals surface area contributed by atoms with Crippen LogP contribution in [0.25, 0.3) is 0 Å². The first-order valence-electron chi connectivity index (χ1n) is 9.63. The van der Waals surface area contributed by atoms with Crippen LogP contribution < -0.4 is 15.4 Å². The van der Waals surface area contributed by atoms with Crippen molar-refractivity contribution < 1.29 is 22.7 Å². The van der Waals surface area contributed by atoms with Crippen LogP contribution in [0.5, 0.6) is 5.75 Å². The molecule has 2 aromatic rings. The third-order valence-electron chi connectivity index (χ3n) is 4.44. The van der Waals surface area contributed by atoms with E-state index in [1.54, 1.807) is 30.3 Å². The summed E-state index contributed by atoms with van der Waals surface area (Å²) >= 11 is 1.53. The van der Waals surface area contributed by atoms with E-state index in [0.29, 0.717) is 30.2 Å². The maximum Gasteiger partial charge on any atom is 0.225 e. The number of hydrogen-bond acceptors (Lipinski definition) is 6. The van der Waals surface area contributed by atoms with Crippen LogP contribution in [0.3, 0.4) is 0 Å². The van der Waals surface area contributed by atoms with Gasteiger partial charge in [-0.25, -0.2) is 8.42 Å². The van der Waals surface area contributed by atoms with Gasteiger partial charge in [0.2, 0.25) is 11.8 Å². The summed E-state index contributed by atoms with van der Waals surface area (Å²) in [5.41, 5.74) is 0.992. The van der Waals surface area contributed by atoms with Crippen LogP contribution in [0.15, 0.2) is 52.3 Å². The van der Waals surface area contributed by atoms with Crippen LogP contribution in [-0.2, 0) is 19.4 Å². The van der Waals surface area contributed by atoms with Crippen LogP contribution in [-0.4, -0.2) is 37.8 Å². The quantitative estimate of drug-likeness (QED) is 0.670. The molecule has 3 rings (SSSR count). The zero-order valence-electron chi connectivity index (χ0n) is 16.8. The van der Waals surface area contributed by atoms with Gasteiger partial charge in [-0.1, -0.05) is 19.1 Å². The second-order valence-corrected chi connectivity index (χ2v) is 10.5. The Labute approximate surface area is 180 Å². The summed E-state index contributed by atoms with van der Waals surface area (Å²) in [6.45, 7) is 4.24. The zero-order valence-corrected chi connectivity index (χ0v) is 18.4. The van der Waals surface area contributed by atoms with E-state index in [2.05, 4.69) is 10.6 Å². The minimum atomic E-state index is -3.70. The maximum absolute atomic E-state index is 12.8. The van der Waals surface area contributed by atoms with Crippen molar-refractivity contribution in [3.8, 4) is 5.75 Å². The number of para-hydroxylation sites is 2. The number of carbonyl (C=O) groups is 2. The van der Waals surface area contributed by atoms with Crippen molar-refractivity contribution in [2.75, 3.05) is 23.0 Å². The Hall–Kier alpha value is -2.52. The fourth-order valence-electron chi connectivity index (χ4n) is 3.03. The number of rotatable bonds is 7. The Morgan fingerprint density at radius 3 is 2.80 bits per heavy atom. The highest BCUT2D eigenvalue weighted by Gasteiger charge is 2.23. The van der Waals surface area contributed by atoms with E-state index >= 15 is 0 Å². The van der Waals surface area contributed by atoms with Crippen molar-refractivity contribution in [3.05, 3.63) is 42.5 Å². The average Bonchev–Trinajstić information content (AvgIpc) is 2.83. The van der Waals surface area contributed by atoms with Crippen molar-refractivity contribution >= 4 is 44.8 Å². The molecule has 1 aliphatic heterocycles. The molecule has 9 heteroatoms. The van der Waals surface area contributed by atoms with E-state index in [4.69, 9.17) is 4.74 Å². The maximum atomic E-state index is 12.8. The van der Waals surface area contributed by atoms with Gasteiger partial charge in [-0.2, -0.15) is 0 Å². The number of hydrogen-bond donors (Lipinski definition) is 2. The van der Waals surface area contributed by atoms with Crippen LogP contribution in [0.4, 0.5) is 11.4 Å². The van der Waals surface area contributed by atoms with E-state index in [1.165, 1.54) is 23.9 Å². The van der Waals surface area contributed by atoms with Crippen molar-refractivity contribution in [1.82, 2.24) is 0 Å². The lowest BCUT2D eigenvalue weighted by Gasteiger charge is -2.12. The van der Waals surface area contributed by atoms with Crippen molar-refractivity contribution in [3.63, 3.8) is 0 Å². The number of sulfone groups is 1. The molecule has 0 bridgehead atoms. The van der Waals surface area contributed by atoms with Gasteiger partial charge in [0.15, 0.2) is 9.84 Å². The lowest BCUT2D eigenvalue weighted by molar-refractivity contribution is -0.116. The van der Waals surface area contributed by atoms with Gasteiger partial charge in [0.25, 0.3) is 0 Å². The second-order valence-electron chi connectivity index (χ2n) is 6.88. The highest BCUT2D eigenvalue weighted by Crippen LogP contribution is 2.36. The van der Waals surface area contributed by atoms with Gasteiger partial charge in [0.1, 0.15) is 5.75 Å². The van der Waals surface area contributed by atoms with Gasteiger partial charge in [-0.3, -0.25) is 9.59 Å². The molecule has 0 fully saturated rings. The van der Waals surface area contributed by atoms with Gasteiger partial charge in [-0.05, 0) is 37.3 Å². The summed E-state index contributed by atoms with van der Waals surface area (Å²) in [5, 5.41) is 5.57. The fraction of sp³-hybridized carbons (Fsp3) is 0.333. The molecule has 0 aromatic heterocycles. The first-order valence-corrected chi connectivity index (χ1v) is 12.2. The minimum Gasteiger partial charge on any atom is -0.492 e. The van der Waals surface area contributed by atoms with Crippen molar-refractivity contribution in [2.24, 2.45) is 0 Å². The molecule has 0 saturated heterocycles. The molecule has 1 unspecified atom stereocenters. The van der Waals surface area contributed by atoms with Gasteiger partial charge in [-0.15, -0.1) is 11.8 Å². The summed E-state index contributed by atoms with van der Waals surface area (Å²) < 4.78 is 31.0. The fourth-order valence-corrected chi connectivity index (χ4v) is 5.35. The first kappa shape index (κ1) is 22.2. The minimum absolute atomic E-state index is 0.0826. The first-order chi connectivity index (χ1) is 14.3. The second kappa shape index (κ2) is 9.53. The molecule has 7 nitrogen and oxygen atoms in total. The highest BCUT2D eigenvalue weighted by molar-refractivity contribution is 8.00. The van der Waals surface area contributed by atoms with Gasteiger partial charge >= 0.3 is 0 Å². The van der Waals surface area contributed by atoms with E-state index in [9.17, 15) is 18.0 Å². The Morgan fingerprint density at radius 1 is 1.27 bits per heavy atom. The third-order valence-corrected chi connectivity index (χ3v) is 7.34. The number of nitrogens with one attached hydrogen (secondary N) is 2. The van der Waals surface area contributed by atoms with E-state index < -0.39 is 15.7 Å². The molecule has 0 spiro atoms.